The number of carbonyl (C=O) groups is 1. The molecule has 0 radical (unpaired) electrons. The standard InChI is InChI=1S/C25H27N5O2/c31-23-16-30(13-11-22(23)29-12-10-18-6-4-5-7-19(18)15-29)25(32)21-14-24(27-17-26-21)28-20-8-2-1-3-9-20/h1-9,14,17,22-23,31H,10-13,15-16H2,(H,26,27,28)/t22-,23-/m0/s1. The maximum atomic E-state index is 13.1. The summed E-state index contributed by atoms with van der Waals surface area (Å²) < 4.78 is 0. The molecule has 32 heavy (non-hydrogen) atoms. The van der Waals surface area contributed by atoms with Gasteiger partial charge in [-0.3, -0.25) is 9.69 Å². The first kappa shape index (κ1) is 20.6. The van der Waals surface area contributed by atoms with Crippen molar-refractivity contribution in [2.75, 3.05) is 25.0 Å². The molecule has 3 aromatic rings. The van der Waals surface area contributed by atoms with Gasteiger partial charge in [-0.05, 0) is 36.1 Å². The molecule has 0 aliphatic carbocycles. The van der Waals surface area contributed by atoms with Crippen LogP contribution in [0.5, 0.6) is 0 Å². The number of hydrogen-bond donors (Lipinski definition) is 2. The number of nitrogens with one attached hydrogen (secondary N) is 1. The molecule has 1 amide bonds. The second-order valence-electron chi connectivity index (χ2n) is 8.44. The molecule has 2 N–H and O–H groups in total. The summed E-state index contributed by atoms with van der Waals surface area (Å²) in [4.78, 5) is 25.5. The van der Waals surface area contributed by atoms with Crippen LogP contribution in [0.2, 0.25) is 0 Å². The molecule has 2 aliphatic rings. The number of aliphatic hydroxyl groups excluding tert-OH is 1. The summed E-state index contributed by atoms with van der Waals surface area (Å²) in [7, 11) is 0. The molecular formula is C25H27N5O2. The number of anilines is 2. The highest BCUT2D eigenvalue weighted by atomic mass is 16.3. The molecule has 1 saturated heterocycles. The maximum absolute atomic E-state index is 13.1. The maximum Gasteiger partial charge on any atom is 0.272 e. The number of aromatic nitrogens is 2. The van der Waals surface area contributed by atoms with Crippen LogP contribution in [0.3, 0.4) is 0 Å². The minimum absolute atomic E-state index is 0.0631. The average Bonchev–Trinajstić information content (AvgIpc) is 2.84. The second-order valence-corrected chi connectivity index (χ2v) is 8.44. The Morgan fingerprint density at radius 2 is 1.78 bits per heavy atom. The number of fused-ring (bicyclic) bond motifs is 1. The number of amides is 1. The van der Waals surface area contributed by atoms with Gasteiger partial charge in [-0.25, -0.2) is 9.97 Å². The normalized spacial score (nSPS) is 21.1. The molecule has 0 bridgehead atoms. The van der Waals surface area contributed by atoms with Gasteiger partial charge in [0.15, 0.2) is 0 Å². The molecule has 1 fully saturated rings. The van der Waals surface area contributed by atoms with E-state index in [1.54, 1.807) is 11.0 Å². The van der Waals surface area contributed by atoms with Gasteiger partial charge in [-0.1, -0.05) is 42.5 Å². The SMILES string of the molecule is O=C(c1cc(Nc2ccccc2)ncn1)N1CC[C@H](N2CCc3ccccc3C2)[C@@H](O)C1. The zero-order valence-corrected chi connectivity index (χ0v) is 17.9. The highest BCUT2D eigenvalue weighted by molar-refractivity contribution is 5.93. The Morgan fingerprint density at radius 1 is 1.00 bits per heavy atom. The lowest BCUT2D eigenvalue weighted by Gasteiger charge is -2.43. The molecule has 5 rings (SSSR count). The highest BCUT2D eigenvalue weighted by Crippen LogP contribution is 2.26. The van der Waals surface area contributed by atoms with E-state index in [4.69, 9.17) is 0 Å². The van der Waals surface area contributed by atoms with E-state index in [0.717, 1.165) is 31.6 Å². The smallest absolute Gasteiger partial charge is 0.272 e. The van der Waals surface area contributed by atoms with E-state index in [2.05, 4.69) is 44.5 Å². The van der Waals surface area contributed by atoms with Gasteiger partial charge in [0, 0.05) is 44.0 Å². The van der Waals surface area contributed by atoms with Crippen LogP contribution in [-0.2, 0) is 13.0 Å². The third kappa shape index (κ3) is 4.35. The second kappa shape index (κ2) is 9.06. The summed E-state index contributed by atoms with van der Waals surface area (Å²) in [6.07, 6.45) is 2.56. The van der Waals surface area contributed by atoms with Gasteiger partial charge in [-0.15, -0.1) is 0 Å². The van der Waals surface area contributed by atoms with Crippen LogP contribution in [0, 0.1) is 0 Å². The van der Waals surface area contributed by atoms with Gasteiger partial charge >= 0.3 is 0 Å². The molecule has 164 valence electrons. The molecule has 2 atom stereocenters. The molecule has 3 heterocycles. The quantitative estimate of drug-likeness (QED) is 0.664. The van der Waals surface area contributed by atoms with Crippen molar-refractivity contribution in [2.45, 2.75) is 31.5 Å². The van der Waals surface area contributed by atoms with Crippen molar-refractivity contribution in [3.63, 3.8) is 0 Å². The molecule has 7 nitrogen and oxygen atoms in total. The third-order valence-electron chi connectivity index (χ3n) is 6.40. The van der Waals surface area contributed by atoms with Crippen LogP contribution in [-0.4, -0.2) is 62.6 Å². The lowest BCUT2D eigenvalue weighted by atomic mass is 9.94. The van der Waals surface area contributed by atoms with Crippen LogP contribution in [0.25, 0.3) is 0 Å². The fourth-order valence-electron chi connectivity index (χ4n) is 4.70. The van der Waals surface area contributed by atoms with E-state index >= 15 is 0 Å². The Balaban J connectivity index is 1.23. The Labute approximate surface area is 187 Å². The zero-order valence-electron chi connectivity index (χ0n) is 17.9. The lowest BCUT2D eigenvalue weighted by molar-refractivity contribution is -0.0139. The van der Waals surface area contributed by atoms with Crippen LogP contribution in [0.15, 0.2) is 67.0 Å². The first-order valence-electron chi connectivity index (χ1n) is 11.1. The summed E-state index contributed by atoms with van der Waals surface area (Å²) in [5.74, 6) is 0.391. The summed E-state index contributed by atoms with van der Waals surface area (Å²) in [5, 5.41) is 14.1. The summed E-state index contributed by atoms with van der Waals surface area (Å²) >= 11 is 0. The van der Waals surface area contributed by atoms with E-state index in [-0.39, 0.29) is 11.9 Å². The zero-order chi connectivity index (χ0) is 21.9. The Morgan fingerprint density at radius 3 is 2.59 bits per heavy atom. The number of nitrogens with zero attached hydrogens (tertiary/aromatic N) is 4. The van der Waals surface area contributed by atoms with Crippen molar-refractivity contribution in [2.24, 2.45) is 0 Å². The molecule has 7 heteroatoms. The summed E-state index contributed by atoms with van der Waals surface area (Å²) in [6, 6.07) is 19.9. The first-order chi connectivity index (χ1) is 15.7. The summed E-state index contributed by atoms with van der Waals surface area (Å²) in [6.45, 7) is 2.70. The summed E-state index contributed by atoms with van der Waals surface area (Å²) in [5.41, 5.74) is 3.96. The van der Waals surface area contributed by atoms with Crippen LogP contribution in [0.4, 0.5) is 11.5 Å². The predicted molar refractivity (Wildman–Crippen MR) is 123 cm³/mol. The van der Waals surface area contributed by atoms with Crippen LogP contribution in [0.1, 0.15) is 28.0 Å². The van der Waals surface area contributed by atoms with Crippen molar-refractivity contribution in [3.8, 4) is 0 Å². The minimum Gasteiger partial charge on any atom is -0.390 e. The van der Waals surface area contributed by atoms with Gasteiger partial charge in [0.05, 0.1) is 6.10 Å². The lowest BCUT2D eigenvalue weighted by Crippen LogP contribution is -2.56. The van der Waals surface area contributed by atoms with Gasteiger partial charge in [0.1, 0.15) is 17.8 Å². The third-order valence-corrected chi connectivity index (χ3v) is 6.40. The van der Waals surface area contributed by atoms with E-state index in [9.17, 15) is 9.90 Å². The van der Waals surface area contributed by atoms with Crippen LogP contribution >= 0.6 is 0 Å². The highest BCUT2D eigenvalue weighted by Gasteiger charge is 2.35. The Bertz CT molecular complexity index is 1090. The fraction of sp³-hybridized carbons (Fsp3) is 0.320. The van der Waals surface area contributed by atoms with Crippen molar-refractivity contribution >= 4 is 17.4 Å². The Hall–Kier alpha value is -3.29. The van der Waals surface area contributed by atoms with E-state index in [1.807, 2.05) is 30.3 Å². The number of β-amino-alcohol motifs (C(OH)–C–C–N with tert-alkyl or cyclic N) is 1. The number of benzene rings is 2. The number of aliphatic hydroxyl groups is 1. The van der Waals surface area contributed by atoms with E-state index in [1.165, 1.54) is 17.5 Å². The predicted octanol–water partition coefficient (Wildman–Crippen LogP) is 2.85. The molecule has 0 spiro atoms. The van der Waals surface area contributed by atoms with Crippen LogP contribution < -0.4 is 5.32 Å². The van der Waals surface area contributed by atoms with Gasteiger partial charge in [-0.2, -0.15) is 0 Å². The Kier molecular flexibility index (Phi) is 5.83. The molecular weight excluding hydrogens is 402 g/mol. The molecule has 1 aromatic heterocycles. The number of likely N-dealkylation sites (tertiary alicyclic amines) is 1. The molecule has 0 saturated carbocycles. The van der Waals surface area contributed by atoms with E-state index in [0.29, 0.717) is 24.6 Å². The van der Waals surface area contributed by atoms with Gasteiger partial charge in [0.25, 0.3) is 5.91 Å². The van der Waals surface area contributed by atoms with Crippen molar-refractivity contribution in [1.82, 2.24) is 19.8 Å². The number of hydrogen-bond acceptors (Lipinski definition) is 6. The van der Waals surface area contributed by atoms with Crippen molar-refractivity contribution in [1.29, 1.82) is 0 Å². The van der Waals surface area contributed by atoms with Gasteiger partial charge in [0.2, 0.25) is 0 Å². The first-order valence-corrected chi connectivity index (χ1v) is 11.1. The number of rotatable bonds is 4. The molecule has 2 aliphatic heterocycles. The average molecular weight is 430 g/mol. The number of carbonyl (C=O) groups excluding carboxylic acids is 1. The minimum atomic E-state index is -0.582. The van der Waals surface area contributed by atoms with E-state index < -0.39 is 6.10 Å². The van der Waals surface area contributed by atoms with Crippen molar-refractivity contribution < 1.29 is 9.90 Å². The number of piperidine rings is 1. The van der Waals surface area contributed by atoms with Crippen molar-refractivity contribution in [3.05, 3.63) is 83.8 Å². The number of para-hydroxylation sites is 1. The van der Waals surface area contributed by atoms with Gasteiger partial charge < -0.3 is 15.3 Å². The molecule has 2 aromatic carbocycles. The largest absolute Gasteiger partial charge is 0.390 e. The molecule has 0 unspecified atom stereocenters. The fourth-order valence-corrected chi connectivity index (χ4v) is 4.70. The monoisotopic (exact) mass is 429 g/mol. The topological polar surface area (TPSA) is 81.6 Å².